The minimum atomic E-state index is -0.633. The van der Waals surface area contributed by atoms with Gasteiger partial charge in [0.25, 0.3) is 5.91 Å². The van der Waals surface area contributed by atoms with E-state index in [2.05, 4.69) is 20.6 Å². The average molecular weight is 444 g/mol. The highest BCUT2D eigenvalue weighted by atomic mass is 35.5. The third-order valence-electron chi connectivity index (χ3n) is 4.13. The van der Waals surface area contributed by atoms with Crippen molar-refractivity contribution in [2.75, 3.05) is 5.32 Å². The van der Waals surface area contributed by atoms with Crippen LogP contribution in [0.2, 0.25) is 10.0 Å². The first kappa shape index (κ1) is 21.4. The van der Waals surface area contributed by atoms with Crippen molar-refractivity contribution in [1.29, 1.82) is 5.41 Å². The van der Waals surface area contributed by atoms with Crippen LogP contribution in [-0.2, 0) is 0 Å². The lowest BCUT2D eigenvalue weighted by Gasteiger charge is -2.19. The molecule has 3 rings (SSSR count). The van der Waals surface area contributed by atoms with Gasteiger partial charge in [-0.2, -0.15) is 0 Å². The van der Waals surface area contributed by atoms with Crippen molar-refractivity contribution in [1.82, 2.24) is 10.3 Å². The Hall–Kier alpha value is -3.29. The molecule has 30 heavy (non-hydrogen) atoms. The normalized spacial score (nSPS) is 11.8. The second-order valence-electron chi connectivity index (χ2n) is 6.11. The van der Waals surface area contributed by atoms with Gasteiger partial charge in [0.15, 0.2) is 0 Å². The van der Waals surface area contributed by atoms with E-state index in [0.717, 1.165) is 18.0 Å². The molecule has 0 unspecified atom stereocenters. The average Bonchev–Trinajstić information content (AvgIpc) is 2.74. The zero-order valence-electron chi connectivity index (χ0n) is 15.4. The highest BCUT2D eigenvalue weighted by Gasteiger charge is 2.20. The molecular weight excluding hydrogens is 428 g/mol. The Labute approximate surface area is 182 Å². The van der Waals surface area contributed by atoms with Gasteiger partial charge in [-0.1, -0.05) is 35.3 Å². The standard InChI is InChI=1S/C21H16Cl2FN5O/c22-15-4-1-13(2-5-15)20(19-8-6-16(23)10-27-19)29-21(30)14-3-7-18(17(24)9-14)28-12-26-11-25/h1-12,20H,(H,29,30)(H2,25,26,28)/t20-/m0/s1. The Bertz CT molecular complexity index is 1030. The molecule has 1 amide bonds. The zero-order chi connectivity index (χ0) is 21.5. The number of nitrogens with zero attached hydrogens (tertiary/aromatic N) is 2. The van der Waals surface area contributed by atoms with E-state index >= 15 is 0 Å². The lowest BCUT2D eigenvalue weighted by molar-refractivity contribution is 0.0942. The van der Waals surface area contributed by atoms with Crippen LogP contribution in [0.1, 0.15) is 27.7 Å². The van der Waals surface area contributed by atoms with Crippen LogP contribution in [0.3, 0.4) is 0 Å². The lowest BCUT2D eigenvalue weighted by atomic mass is 10.0. The number of halogens is 3. The Kier molecular flexibility index (Phi) is 7.11. The molecule has 0 radical (unpaired) electrons. The number of hydrogen-bond acceptors (Lipinski definition) is 3. The van der Waals surface area contributed by atoms with E-state index in [-0.39, 0.29) is 11.3 Å². The number of pyridine rings is 1. The summed E-state index contributed by atoms with van der Waals surface area (Å²) in [5, 5.41) is 13.3. The third-order valence-corrected chi connectivity index (χ3v) is 4.60. The maximum absolute atomic E-state index is 14.3. The second kappa shape index (κ2) is 9.96. The summed E-state index contributed by atoms with van der Waals surface area (Å²) >= 11 is 11.9. The van der Waals surface area contributed by atoms with Gasteiger partial charge in [-0.15, -0.1) is 0 Å². The Balaban J connectivity index is 1.86. The molecule has 0 aliphatic carbocycles. The molecule has 9 heteroatoms. The van der Waals surface area contributed by atoms with Crippen LogP contribution in [0.15, 0.2) is 65.8 Å². The van der Waals surface area contributed by atoms with E-state index in [0.29, 0.717) is 15.7 Å². The molecule has 3 N–H and O–H groups in total. The van der Waals surface area contributed by atoms with Crippen LogP contribution >= 0.6 is 23.2 Å². The molecule has 3 aromatic rings. The molecule has 0 saturated carbocycles. The minimum Gasteiger partial charge on any atom is -0.344 e. The van der Waals surface area contributed by atoms with Crippen molar-refractivity contribution < 1.29 is 9.18 Å². The van der Waals surface area contributed by atoms with Gasteiger partial charge >= 0.3 is 0 Å². The number of nitrogens with one attached hydrogen (secondary N) is 3. The minimum absolute atomic E-state index is 0.130. The van der Waals surface area contributed by atoms with Gasteiger partial charge in [0.1, 0.15) is 12.2 Å². The fraction of sp³-hybridized carbons (Fsp3) is 0.0476. The third kappa shape index (κ3) is 5.40. The summed E-state index contributed by atoms with van der Waals surface area (Å²) in [6, 6.07) is 13.8. The van der Waals surface area contributed by atoms with Crippen molar-refractivity contribution in [3.8, 4) is 0 Å². The SMILES string of the molecule is N=C/N=C\Nc1ccc(C(=O)N[C@@H](c2ccc(Cl)cc2)c2ccc(Cl)cn2)cc1F. The summed E-state index contributed by atoms with van der Waals surface area (Å²) in [6.45, 7) is 0. The first-order valence-electron chi connectivity index (χ1n) is 8.72. The number of rotatable bonds is 7. The highest BCUT2D eigenvalue weighted by molar-refractivity contribution is 6.30. The maximum Gasteiger partial charge on any atom is 0.252 e. The van der Waals surface area contributed by atoms with E-state index in [9.17, 15) is 9.18 Å². The van der Waals surface area contributed by atoms with Crippen molar-refractivity contribution in [3.63, 3.8) is 0 Å². The number of aliphatic imine (C=N–C) groups is 1. The molecule has 2 aromatic carbocycles. The van der Waals surface area contributed by atoms with E-state index < -0.39 is 17.8 Å². The fourth-order valence-electron chi connectivity index (χ4n) is 2.67. The Morgan fingerprint density at radius 1 is 1.10 bits per heavy atom. The molecule has 6 nitrogen and oxygen atoms in total. The molecular formula is C21H16Cl2FN5O. The van der Waals surface area contributed by atoms with Crippen molar-refractivity contribution in [2.24, 2.45) is 4.99 Å². The van der Waals surface area contributed by atoms with Crippen molar-refractivity contribution >= 4 is 47.5 Å². The quantitative estimate of drug-likeness (QED) is 0.350. The van der Waals surface area contributed by atoms with Gasteiger partial charge < -0.3 is 10.6 Å². The summed E-state index contributed by atoms with van der Waals surface area (Å²) in [6.07, 6.45) is 3.48. The molecule has 1 atom stereocenters. The lowest BCUT2D eigenvalue weighted by Crippen LogP contribution is -2.30. The van der Waals surface area contributed by atoms with Crippen molar-refractivity contribution in [2.45, 2.75) is 6.04 Å². The number of aromatic nitrogens is 1. The van der Waals surface area contributed by atoms with E-state index in [1.54, 1.807) is 36.4 Å². The number of hydrogen-bond donors (Lipinski definition) is 3. The Morgan fingerprint density at radius 2 is 1.83 bits per heavy atom. The van der Waals surface area contributed by atoms with Crippen LogP contribution in [0.5, 0.6) is 0 Å². The van der Waals surface area contributed by atoms with E-state index in [4.69, 9.17) is 28.6 Å². The fourth-order valence-corrected chi connectivity index (χ4v) is 2.91. The van der Waals surface area contributed by atoms with Gasteiger partial charge in [-0.05, 0) is 48.0 Å². The van der Waals surface area contributed by atoms with Crippen molar-refractivity contribution in [3.05, 3.63) is 93.5 Å². The van der Waals surface area contributed by atoms with Gasteiger partial charge in [-0.3, -0.25) is 15.2 Å². The molecule has 0 saturated heterocycles. The van der Waals surface area contributed by atoms with Crippen LogP contribution in [-0.4, -0.2) is 23.6 Å². The van der Waals surface area contributed by atoms with Crippen LogP contribution in [0.4, 0.5) is 10.1 Å². The van der Waals surface area contributed by atoms with E-state index in [1.165, 1.54) is 24.7 Å². The number of carbonyl (C=O) groups excluding carboxylic acids is 1. The summed E-state index contributed by atoms with van der Waals surface area (Å²) in [4.78, 5) is 20.6. The number of anilines is 1. The second-order valence-corrected chi connectivity index (χ2v) is 6.98. The van der Waals surface area contributed by atoms with Gasteiger partial charge in [0.05, 0.1) is 28.8 Å². The molecule has 0 aliphatic heterocycles. The van der Waals surface area contributed by atoms with Gasteiger partial charge in [0.2, 0.25) is 0 Å². The summed E-state index contributed by atoms with van der Waals surface area (Å²) in [5.74, 6) is -1.11. The molecule has 0 fully saturated rings. The molecule has 1 aromatic heterocycles. The molecule has 1 heterocycles. The highest BCUT2D eigenvalue weighted by Crippen LogP contribution is 2.24. The summed E-state index contributed by atoms with van der Waals surface area (Å²) < 4.78 is 14.3. The topological polar surface area (TPSA) is 90.2 Å². The number of amides is 1. The molecule has 0 spiro atoms. The Morgan fingerprint density at radius 3 is 2.47 bits per heavy atom. The van der Waals surface area contributed by atoms with Crippen LogP contribution in [0.25, 0.3) is 0 Å². The smallest absolute Gasteiger partial charge is 0.252 e. The molecule has 0 bridgehead atoms. The molecule has 152 valence electrons. The van der Waals surface area contributed by atoms with Crippen LogP contribution < -0.4 is 10.6 Å². The largest absolute Gasteiger partial charge is 0.344 e. The predicted molar refractivity (Wildman–Crippen MR) is 117 cm³/mol. The van der Waals surface area contributed by atoms with Gasteiger partial charge in [0, 0.05) is 16.8 Å². The summed E-state index contributed by atoms with van der Waals surface area (Å²) in [5.41, 5.74) is 1.58. The first-order valence-corrected chi connectivity index (χ1v) is 9.48. The van der Waals surface area contributed by atoms with E-state index in [1.807, 2.05) is 0 Å². The zero-order valence-corrected chi connectivity index (χ0v) is 17.0. The predicted octanol–water partition coefficient (Wildman–Crippen LogP) is 5.09. The van der Waals surface area contributed by atoms with Gasteiger partial charge in [-0.25, -0.2) is 9.38 Å². The summed E-state index contributed by atoms with van der Waals surface area (Å²) in [7, 11) is 0. The first-order chi connectivity index (χ1) is 14.5. The maximum atomic E-state index is 14.3. The monoisotopic (exact) mass is 443 g/mol. The van der Waals surface area contributed by atoms with Crippen LogP contribution in [0, 0.1) is 11.2 Å². The number of carbonyl (C=O) groups is 1. The number of benzene rings is 2. The molecule has 0 aliphatic rings.